The lowest BCUT2D eigenvalue weighted by atomic mass is 9.85. The molecular weight excluding hydrogens is 244 g/mol. The van der Waals surface area contributed by atoms with Gasteiger partial charge in [-0.3, -0.25) is 4.79 Å². The van der Waals surface area contributed by atoms with Crippen LogP contribution < -0.4 is 5.73 Å². The number of rotatable bonds is 2. The molecule has 0 saturated carbocycles. The first-order valence-electron chi connectivity index (χ1n) is 6.79. The highest BCUT2D eigenvalue weighted by molar-refractivity contribution is 8.00. The topological polar surface area (TPSA) is 46.3 Å². The minimum Gasteiger partial charge on any atom is -0.342 e. The molecular formula is C14H28N2OS. The van der Waals surface area contributed by atoms with Crippen LogP contribution in [0.3, 0.4) is 0 Å². The van der Waals surface area contributed by atoms with Crippen molar-refractivity contribution in [1.82, 2.24) is 4.90 Å². The molecule has 1 aliphatic heterocycles. The first-order chi connectivity index (χ1) is 8.12. The summed E-state index contributed by atoms with van der Waals surface area (Å²) in [7, 11) is 0. The molecule has 0 spiro atoms. The van der Waals surface area contributed by atoms with E-state index in [0.29, 0.717) is 11.2 Å². The van der Waals surface area contributed by atoms with Crippen molar-refractivity contribution < 1.29 is 4.79 Å². The lowest BCUT2D eigenvalue weighted by Crippen LogP contribution is -2.42. The lowest BCUT2D eigenvalue weighted by Gasteiger charge is -2.29. The van der Waals surface area contributed by atoms with E-state index in [4.69, 9.17) is 5.73 Å². The zero-order valence-electron chi connectivity index (χ0n) is 12.5. The van der Waals surface area contributed by atoms with Crippen molar-refractivity contribution in [3.8, 4) is 0 Å². The second kappa shape index (κ2) is 5.83. The molecule has 18 heavy (non-hydrogen) atoms. The summed E-state index contributed by atoms with van der Waals surface area (Å²) >= 11 is 1.96. The van der Waals surface area contributed by atoms with Crippen molar-refractivity contribution in [3.05, 3.63) is 0 Å². The van der Waals surface area contributed by atoms with E-state index in [1.807, 2.05) is 16.7 Å². The maximum absolute atomic E-state index is 12.3. The number of nitrogens with zero attached hydrogens (tertiary/aromatic N) is 1. The van der Waals surface area contributed by atoms with Gasteiger partial charge in [0.15, 0.2) is 0 Å². The van der Waals surface area contributed by atoms with Crippen molar-refractivity contribution in [2.24, 2.45) is 11.1 Å². The third kappa shape index (κ3) is 4.81. The predicted molar refractivity (Wildman–Crippen MR) is 79.8 cm³/mol. The van der Waals surface area contributed by atoms with E-state index in [-0.39, 0.29) is 17.4 Å². The zero-order valence-corrected chi connectivity index (χ0v) is 13.3. The van der Waals surface area contributed by atoms with Crippen molar-refractivity contribution in [2.45, 2.75) is 58.2 Å². The molecule has 1 rings (SSSR count). The summed E-state index contributed by atoms with van der Waals surface area (Å²) in [6.07, 6.45) is 1.53. The Bertz CT molecular complexity index is 297. The lowest BCUT2D eigenvalue weighted by molar-refractivity contribution is -0.131. The fraction of sp³-hybridized carbons (Fsp3) is 0.929. The molecule has 1 saturated heterocycles. The average molecular weight is 272 g/mol. The molecule has 0 aromatic heterocycles. The third-order valence-electron chi connectivity index (χ3n) is 3.70. The first kappa shape index (κ1) is 15.8. The molecule has 106 valence electrons. The molecule has 1 amide bonds. The van der Waals surface area contributed by atoms with Crippen LogP contribution in [0.4, 0.5) is 0 Å². The van der Waals surface area contributed by atoms with Crippen LogP contribution in [-0.2, 0) is 4.79 Å². The predicted octanol–water partition coefficient (Wildman–Crippen LogP) is 2.49. The van der Waals surface area contributed by atoms with E-state index < -0.39 is 0 Å². The minimum atomic E-state index is -0.0612. The van der Waals surface area contributed by atoms with Gasteiger partial charge in [0.2, 0.25) is 5.91 Å². The first-order valence-corrected chi connectivity index (χ1v) is 7.78. The SMILES string of the molecule is CC1(C)CCN(C(=O)CC(N)C(C)(C)C)CCS1. The highest BCUT2D eigenvalue weighted by atomic mass is 32.2. The van der Waals surface area contributed by atoms with Gasteiger partial charge in [0.25, 0.3) is 0 Å². The summed E-state index contributed by atoms with van der Waals surface area (Å²) in [5, 5.41) is 0. The second-order valence-electron chi connectivity index (χ2n) is 6.92. The normalized spacial score (nSPS) is 22.4. The Kier molecular flexibility index (Phi) is 5.13. The van der Waals surface area contributed by atoms with Gasteiger partial charge in [-0.05, 0) is 11.8 Å². The van der Waals surface area contributed by atoms with E-state index in [1.165, 1.54) is 0 Å². The molecule has 1 fully saturated rings. The number of hydrogen-bond donors (Lipinski definition) is 1. The van der Waals surface area contributed by atoms with Gasteiger partial charge in [0.05, 0.1) is 0 Å². The van der Waals surface area contributed by atoms with Gasteiger partial charge in [-0.1, -0.05) is 34.6 Å². The largest absolute Gasteiger partial charge is 0.342 e. The molecule has 1 unspecified atom stereocenters. The number of amides is 1. The van der Waals surface area contributed by atoms with Crippen LogP contribution in [0.15, 0.2) is 0 Å². The van der Waals surface area contributed by atoms with Gasteiger partial charge in [0.1, 0.15) is 0 Å². The minimum absolute atomic E-state index is 0.00443. The number of carbonyl (C=O) groups is 1. The Balaban J connectivity index is 2.52. The standard InChI is InChI=1S/C14H28N2OS/c1-13(2,3)11(15)10-12(17)16-7-6-14(4,5)18-9-8-16/h11H,6-10,15H2,1-5H3. The Morgan fingerprint density at radius 1 is 1.39 bits per heavy atom. The molecule has 1 heterocycles. The molecule has 0 aromatic rings. The summed E-state index contributed by atoms with van der Waals surface area (Å²) < 4.78 is 0.293. The fourth-order valence-corrected chi connectivity index (χ4v) is 2.99. The highest BCUT2D eigenvalue weighted by Gasteiger charge is 2.29. The molecule has 3 nitrogen and oxygen atoms in total. The van der Waals surface area contributed by atoms with Gasteiger partial charge in [-0.25, -0.2) is 0 Å². The fourth-order valence-electron chi connectivity index (χ4n) is 1.89. The maximum Gasteiger partial charge on any atom is 0.224 e. The van der Waals surface area contributed by atoms with Gasteiger partial charge in [0, 0.05) is 36.1 Å². The molecule has 0 bridgehead atoms. The molecule has 0 aromatic carbocycles. The summed E-state index contributed by atoms with van der Waals surface area (Å²) in [4.78, 5) is 14.2. The van der Waals surface area contributed by atoms with E-state index in [2.05, 4.69) is 34.6 Å². The summed E-state index contributed by atoms with van der Waals surface area (Å²) in [5.74, 6) is 1.25. The van der Waals surface area contributed by atoms with Crippen LogP contribution in [-0.4, -0.2) is 40.4 Å². The number of carbonyl (C=O) groups excluding carboxylic acids is 1. The number of thioether (sulfide) groups is 1. The van der Waals surface area contributed by atoms with Crippen molar-refractivity contribution in [2.75, 3.05) is 18.8 Å². The van der Waals surface area contributed by atoms with Gasteiger partial charge in [-0.15, -0.1) is 0 Å². The Labute approximate surface area is 116 Å². The molecule has 0 aliphatic carbocycles. The number of hydrogen-bond acceptors (Lipinski definition) is 3. The van der Waals surface area contributed by atoms with E-state index >= 15 is 0 Å². The van der Waals surface area contributed by atoms with Gasteiger partial charge < -0.3 is 10.6 Å². The summed E-state index contributed by atoms with van der Waals surface area (Å²) in [5.41, 5.74) is 6.09. The Morgan fingerprint density at radius 2 is 2.00 bits per heavy atom. The van der Waals surface area contributed by atoms with Crippen LogP contribution in [0.5, 0.6) is 0 Å². The van der Waals surface area contributed by atoms with Crippen LogP contribution in [0.2, 0.25) is 0 Å². The summed E-state index contributed by atoms with van der Waals surface area (Å²) in [6.45, 7) is 12.5. The van der Waals surface area contributed by atoms with Crippen molar-refractivity contribution in [3.63, 3.8) is 0 Å². The molecule has 1 atom stereocenters. The van der Waals surface area contributed by atoms with Crippen LogP contribution in [0.25, 0.3) is 0 Å². The third-order valence-corrected chi connectivity index (χ3v) is 5.07. The zero-order chi connectivity index (χ0) is 14.0. The van der Waals surface area contributed by atoms with Crippen molar-refractivity contribution in [1.29, 1.82) is 0 Å². The van der Waals surface area contributed by atoms with Crippen molar-refractivity contribution >= 4 is 17.7 Å². The molecule has 4 heteroatoms. The van der Waals surface area contributed by atoms with E-state index in [0.717, 1.165) is 25.3 Å². The van der Waals surface area contributed by atoms with Crippen LogP contribution in [0.1, 0.15) is 47.5 Å². The molecule has 1 aliphatic rings. The smallest absolute Gasteiger partial charge is 0.224 e. The van der Waals surface area contributed by atoms with Crippen LogP contribution >= 0.6 is 11.8 Å². The van der Waals surface area contributed by atoms with Gasteiger partial charge in [-0.2, -0.15) is 11.8 Å². The monoisotopic (exact) mass is 272 g/mol. The van der Waals surface area contributed by atoms with Crippen LogP contribution in [0, 0.1) is 5.41 Å². The van der Waals surface area contributed by atoms with E-state index in [1.54, 1.807) is 0 Å². The quantitative estimate of drug-likeness (QED) is 0.840. The molecule has 2 N–H and O–H groups in total. The average Bonchev–Trinajstić information content (AvgIpc) is 2.37. The number of nitrogens with two attached hydrogens (primary N) is 1. The summed E-state index contributed by atoms with van der Waals surface area (Å²) in [6, 6.07) is -0.0612. The highest BCUT2D eigenvalue weighted by Crippen LogP contribution is 2.31. The molecule has 0 radical (unpaired) electrons. The van der Waals surface area contributed by atoms with Gasteiger partial charge >= 0.3 is 0 Å². The Hall–Kier alpha value is -0.220. The Morgan fingerprint density at radius 3 is 2.56 bits per heavy atom. The van der Waals surface area contributed by atoms with E-state index in [9.17, 15) is 4.79 Å². The second-order valence-corrected chi connectivity index (χ2v) is 8.72. The maximum atomic E-state index is 12.3.